The van der Waals surface area contributed by atoms with Gasteiger partial charge in [0, 0.05) is 51.7 Å². The Morgan fingerprint density at radius 2 is 1.85 bits per heavy atom. The molecule has 2 heterocycles. The lowest BCUT2D eigenvalue weighted by Gasteiger charge is -2.34. The van der Waals surface area contributed by atoms with E-state index in [0.29, 0.717) is 18.8 Å². The molecule has 0 radical (unpaired) electrons. The third kappa shape index (κ3) is 3.92. The van der Waals surface area contributed by atoms with E-state index in [1.165, 1.54) is 7.11 Å². The van der Waals surface area contributed by atoms with Crippen LogP contribution in [0, 0.1) is 13.8 Å². The first-order valence-electron chi connectivity index (χ1n) is 8.76. The van der Waals surface area contributed by atoms with E-state index in [1.807, 2.05) is 26.1 Å². The van der Waals surface area contributed by atoms with Gasteiger partial charge in [0.1, 0.15) is 16.5 Å². The van der Waals surface area contributed by atoms with Gasteiger partial charge in [-0.25, -0.2) is 13.4 Å². The summed E-state index contributed by atoms with van der Waals surface area (Å²) in [5.41, 5.74) is 0.902. The van der Waals surface area contributed by atoms with Gasteiger partial charge in [-0.3, -0.25) is 4.90 Å². The molecule has 142 valence electrons. The van der Waals surface area contributed by atoms with E-state index in [1.54, 1.807) is 22.6 Å². The zero-order valence-electron chi connectivity index (χ0n) is 15.6. The van der Waals surface area contributed by atoms with Crippen LogP contribution in [-0.2, 0) is 16.6 Å². The highest BCUT2D eigenvalue weighted by molar-refractivity contribution is 7.89. The summed E-state index contributed by atoms with van der Waals surface area (Å²) in [7, 11) is -2.05. The van der Waals surface area contributed by atoms with E-state index >= 15 is 0 Å². The summed E-state index contributed by atoms with van der Waals surface area (Å²) in [4.78, 5) is 6.77. The lowest BCUT2D eigenvalue weighted by molar-refractivity contribution is 0.182. The van der Waals surface area contributed by atoms with Crippen molar-refractivity contribution in [1.29, 1.82) is 0 Å². The fourth-order valence-electron chi connectivity index (χ4n) is 3.21. The van der Waals surface area contributed by atoms with Gasteiger partial charge < -0.3 is 9.30 Å². The molecule has 2 aromatic rings. The summed E-state index contributed by atoms with van der Waals surface area (Å²) in [5, 5.41) is 0. The molecule has 0 aliphatic carbocycles. The molecular weight excluding hydrogens is 352 g/mol. The molecule has 1 aliphatic heterocycles. The molecule has 26 heavy (non-hydrogen) atoms. The molecular formula is C18H26N4O3S. The Labute approximate surface area is 155 Å². The van der Waals surface area contributed by atoms with Crippen molar-refractivity contribution in [1.82, 2.24) is 18.8 Å². The first kappa shape index (κ1) is 18.9. The number of benzene rings is 1. The number of rotatable bonds is 6. The van der Waals surface area contributed by atoms with Crippen LogP contribution in [-0.4, -0.2) is 67.0 Å². The number of sulfonamides is 1. The number of hydrogen-bond acceptors (Lipinski definition) is 5. The summed E-state index contributed by atoms with van der Waals surface area (Å²) in [6.07, 6.45) is 3.77. The maximum atomic E-state index is 13.0. The highest BCUT2D eigenvalue weighted by Gasteiger charge is 2.30. The molecule has 7 nitrogen and oxygen atoms in total. The largest absolute Gasteiger partial charge is 0.495 e. The van der Waals surface area contributed by atoms with Crippen LogP contribution in [0.2, 0.25) is 0 Å². The minimum Gasteiger partial charge on any atom is -0.495 e. The fraction of sp³-hybridized carbons (Fsp3) is 0.500. The Morgan fingerprint density at radius 1 is 1.12 bits per heavy atom. The minimum atomic E-state index is -3.55. The topological polar surface area (TPSA) is 67.7 Å². The Hall–Kier alpha value is -1.90. The van der Waals surface area contributed by atoms with Gasteiger partial charge in [0.25, 0.3) is 0 Å². The smallest absolute Gasteiger partial charge is 0.246 e. The Balaban J connectivity index is 1.64. The van der Waals surface area contributed by atoms with Gasteiger partial charge in [-0.05, 0) is 31.5 Å². The van der Waals surface area contributed by atoms with E-state index < -0.39 is 10.0 Å². The van der Waals surface area contributed by atoms with Crippen molar-refractivity contribution in [3.05, 3.63) is 42.0 Å². The van der Waals surface area contributed by atoms with Crippen molar-refractivity contribution >= 4 is 10.0 Å². The van der Waals surface area contributed by atoms with Crippen LogP contribution < -0.4 is 4.74 Å². The van der Waals surface area contributed by atoms with E-state index in [4.69, 9.17) is 4.74 Å². The van der Waals surface area contributed by atoms with Gasteiger partial charge in [-0.1, -0.05) is 6.07 Å². The van der Waals surface area contributed by atoms with Crippen molar-refractivity contribution in [3.63, 3.8) is 0 Å². The van der Waals surface area contributed by atoms with Crippen molar-refractivity contribution in [2.45, 2.75) is 25.3 Å². The van der Waals surface area contributed by atoms with E-state index in [0.717, 1.165) is 37.6 Å². The summed E-state index contributed by atoms with van der Waals surface area (Å²) in [5.74, 6) is 1.39. The monoisotopic (exact) mass is 378 g/mol. The second kappa shape index (κ2) is 7.77. The normalized spacial score (nSPS) is 16.7. The number of ether oxygens (including phenoxy) is 1. The number of hydrogen-bond donors (Lipinski definition) is 0. The average Bonchev–Trinajstić information content (AvgIpc) is 3.05. The van der Waals surface area contributed by atoms with Crippen molar-refractivity contribution < 1.29 is 13.2 Å². The lowest BCUT2D eigenvalue weighted by Crippen LogP contribution is -2.49. The molecule has 0 amide bonds. The van der Waals surface area contributed by atoms with Gasteiger partial charge in [-0.2, -0.15) is 4.31 Å². The summed E-state index contributed by atoms with van der Waals surface area (Å²) >= 11 is 0. The van der Waals surface area contributed by atoms with Gasteiger partial charge >= 0.3 is 0 Å². The van der Waals surface area contributed by atoms with Gasteiger partial charge in [0.15, 0.2) is 0 Å². The molecule has 1 saturated heterocycles. The molecule has 0 bridgehead atoms. The SMILES string of the molecule is COc1ccc(C)cc1S(=O)(=O)N1CCN(CCn2ccnc2C)CC1. The van der Waals surface area contributed by atoms with Crippen LogP contribution in [0.3, 0.4) is 0 Å². The number of aryl methyl sites for hydroxylation is 2. The van der Waals surface area contributed by atoms with Crippen molar-refractivity contribution in [2.24, 2.45) is 0 Å². The first-order valence-corrected chi connectivity index (χ1v) is 10.2. The first-order chi connectivity index (χ1) is 12.4. The molecule has 0 spiro atoms. The highest BCUT2D eigenvalue weighted by atomic mass is 32.2. The van der Waals surface area contributed by atoms with Gasteiger partial charge in [0.05, 0.1) is 7.11 Å². The zero-order valence-corrected chi connectivity index (χ0v) is 16.4. The Morgan fingerprint density at radius 3 is 2.46 bits per heavy atom. The highest BCUT2D eigenvalue weighted by Crippen LogP contribution is 2.28. The molecule has 3 rings (SSSR count). The van der Waals surface area contributed by atoms with Crippen molar-refractivity contribution in [3.8, 4) is 5.75 Å². The summed E-state index contributed by atoms with van der Waals surface area (Å²) < 4.78 is 35.0. The minimum absolute atomic E-state index is 0.252. The van der Waals surface area contributed by atoms with Crippen LogP contribution >= 0.6 is 0 Å². The molecule has 0 atom stereocenters. The number of piperazine rings is 1. The Bertz CT molecular complexity index is 855. The molecule has 0 saturated carbocycles. The number of imidazole rings is 1. The van der Waals surface area contributed by atoms with Crippen LogP contribution in [0.4, 0.5) is 0 Å². The number of aromatic nitrogens is 2. The fourth-order valence-corrected chi connectivity index (χ4v) is 4.87. The predicted octanol–water partition coefficient (Wildman–Crippen LogP) is 1.52. The molecule has 1 fully saturated rings. The molecule has 1 aliphatic rings. The van der Waals surface area contributed by atoms with E-state index in [9.17, 15) is 8.42 Å². The molecule has 0 N–H and O–H groups in total. The lowest BCUT2D eigenvalue weighted by atomic mass is 10.2. The second-order valence-corrected chi connectivity index (χ2v) is 8.47. The van der Waals surface area contributed by atoms with Crippen LogP contribution in [0.15, 0.2) is 35.5 Å². The summed E-state index contributed by atoms with van der Waals surface area (Å²) in [6.45, 7) is 8.05. The van der Waals surface area contributed by atoms with Crippen molar-refractivity contribution in [2.75, 3.05) is 39.8 Å². The summed E-state index contributed by atoms with van der Waals surface area (Å²) in [6, 6.07) is 5.25. The number of methoxy groups -OCH3 is 1. The van der Waals surface area contributed by atoms with E-state index in [2.05, 4.69) is 14.5 Å². The molecule has 8 heteroatoms. The quantitative estimate of drug-likeness (QED) is 0.762. The molecule has 1 aromatic carbocycles. The van der Waals surface area contributed by atoms with Crippen LogP contribution in [0.25, 0.3) is 0 Å². The van der Waals surface area contributed by atoms with Gasteiger partial charge in [-0.15, -0.1) is 0 Å². The van der Waals surface area contributed by atoms with E-state index in [-0.39, 0.29) is 4.90 Å². The maximum Gasteiger partial charge on any atom is 0.246 e. The maximum absolute atomic E-state index is 13.0. The number of nitrogens with zero attached hydrogens (tertiary/aromatic N) is 4. The predicted molar refractivity (Wildman–Crippen MR) is 99.9 cm³/mol. The average molecular weight is 378 g/mol. The van der Waals surface area contributed by atoms with Crippen LogP contribution in [0.5, 0.6) is 5.75 Å². The molecule has 0 unspecified atom stereocenters. The Kier molecular flexibility index (Phi) is 5.64. The third-order valence-corrected chi connectivity index (χ3v) is 6.77. The van der Waals surface area contributed by atoms with Gasteiger partial charge in [0.2, 0.25) is 10.0 Å². The zero-order chi connectivity index (χ0) is 18.7. The second-order valence-electron chi connectivity index (χ2n) is 6.57. The van der Waals surface area contributed by atoms with Crippen LogP contribution in [0.1, 0.15) is 11.4 Å². The third-order valence-electron chi connectivity index (χ3n) is 4.85. The molecule has 1 aromatic heterocycles. The standard InChI is InChI=1S/C18H26N4O3S/c1-15-4-5-17(25-3)18(14-15)26(23,24)22-12-9-20(10-13-22)8-11-21-7-6-19-16(21)2/h4-7,14H,8-13H2,1-3H3.